The van der Waals surface area contributed by atoms with E-state index in [0.29, 0.717) is 40.0 Å². The van der Waals surface area contributed by atoms with Crippen LogP contribution in [0.5, 0.6) is 0 Å². The van der Waals surface area contributed by atoms with Gasteiger partial charge in [0.05, 0.1) is 28.3 Å². The monoisotopic (exact) mass is 462 g/mol. The standard InChI is InChI=1S/C24H20ClFN6O/c25-20-8-5-9-21(29-20)31-18-7-2-1-6-15(18)24(30-31)28-17-11-12-19-16(23(17)26)14-27-32(19)22-10-3-4-13-33-22/h1-2,5-9,11-12,14,22H,3-4,10,13H2,(H,28,30). The van der Waals surface area contributed by atoms with Crippen LogP contribution in [0.25, 0.3) is 27.6 Å². The molecule has 1 unspecified atom stereocenters. The molecule has 33 heavy (non-hydrogen) atoms. The Morgan fingerprint density at radius 1 is 1.00 bits per heavy atom. The van der Waals surface area contributed by atoms with Gasteiger partial charge in [0.25, 0.3) is 0 Å². The fourth-order valence-electron chi connectivity index (χ4n) is 4.31. The minimum Gasteiger partial charge on any atom is -0.356 e. The molecule has 7 nitrogen and oxygen atoms in total. The molecule has 9 heteroatoms. The fourth-order valence-corrected chi connectivity index (χ4v) is 4.47. The third kappa shape index (κ3) is 3.51. The molecule has 0 bridgehead atoms. The molecule has 4 heterocycles. The quantitative estimate of drug-likeness (QED) is 0.331. The van der Waals surface area contributed by atoms with Gasteiger partial charge >= 0.3 is 0 Å². The van der Waals surface area contributed by atoms with Crippen molar-refractivity contribution >= 4 is 44.9 Å². The van der Waals surface area contributed by atoms with Gasteiger partial charge in [0.1, 0.15) is 5.15 Å². The summed E-state index contributed by atoms with van der Waals surface area (Å²) in [6.45, 7) is 0.700. The number of aromatic nitrogens is 5. The number of ether oxygens (including phenoxy) is 1. The summed E-state index contributed by atoms with van der Waals surface area (Å²) in [7, 11) is 0. The molecule has 6 rings (SSSR count). The van der Waals surface area contributed by atoms with Crippen LogP contribution < -0.4 is 5.32 Å². The first-order valence-electron chi connectivity index (χ1n) is 10.8. The molecule has 0 saturated carbocycles. The van der Waals surface area contributed by atoms with Crippen molar-refractivity contribution in [2.45, 2.75) is 25.5 Å². The van der Waals surface area contributed by atoms with Crippen LogP contribution in [0, 0.1) is 5.82 Å². The number of nitrogens with one attached hydrogen (secondary N) is 1. The second-order valence-electron chi connectivity index (χ2n) is 7.99. The van der Waals surface area contributed by atoms with Crippen molar-refractivity contribution in [3.05, 3.63) is 71.8 Å². The van der Waals surface area contributed by atoms with E-state index in [-0.39, 0.29) is 12.0 Å². The van der Waals surface area contributed by atoms with Gasteiger partial charge in [-0.3, -0.25) is 0 Å². The van der Waals surface area contributed by atoms with Crippen LogP contribution in [-0.2, 0) is 4.74 Å². The van der Waals surface area contributed by atoms with Crippen LogP contribution in [0.3, 0.4) is 0 Å². The summed E-state index contributed by atoms with van der Waals surface area (Å²) in [5.41, 5.74) is 1.86. The van der Waals surface area contributed by atoms with E-state index in [2.05, 4.69) is 20.5 Å². The molecule has 2 aromatic carbocycles. The van der Waals surface area contributed by atoms with E-state index < -0.39 is 0 Å². The molecular weight excluding hydrogens is 443 g/mol. The average Bonchev–Trinajstić information content (AvgIpc) is 3.44. The highest BCUT2D eigenvalue weighted by Crippen LogP contribution is 2.33. The number of hydrogen-bond donors (Lipinski definition) is 1. The molecule has 0 amide bonds. The first-order valence-corrected chi connectivity index (χ1v) is 11.2. The number of fused-ring (bicyclic) bond motifs is 2. The molecule has 1 aliphatic rings. The second-order valence-corrected chi connectivity index (χ2v) is 8.38. The minimum atomic E-state index is -0.380. The molecule has 1 saturated heterocycles. The molecule has 166 valence electrons. The van der Waals surface area contributed by atoms with Crippen molar-refractivity contribution in [3.63, 3.8) is 0 Å². The lowest BCUT2D eigenvalue weighted by molar-refractivity contribution is -0.0366. The largest absolute Gasteiger partial charge is 0.356 e. The zero-order valence-corrected chi connectivity index (χ0v) is 18.3. The van der Waals surface area contributed by atoms with Crippen molar-refractivity contribution in [2.75, 3.05) is 11.9 Å². The molecule has 5 aromatic rings. The Morgan fingerprint density at radius 3 is 2.76 bits per heavy atom. The summed E-state index contributed by atoms with van der Waals surface area (Å²) in [6, 6.07) is 16.6. The Labute approximate surface area is 193 Å². The van der Waals surface area contributed by atoms with Crippen LogP contribution in [0.15, 0.2) is 60.8 Å². The average molecular weight is 463 g/mol. The highest BCUT2D eigenvalue weighted by Gasteiger charge is 2.21. The Hall–Kier alpha value is -3.49. The van der Waals surface area contributed by atoms with Crippen LogP contribution >= 0.6 is 11.6 Å². The van der Waals surface area contributed by atoms with Crippen LogP contribution in [0.1, 0.15) is 25.5 Å². The molecule has 3 aromatic heterocycles. The lowest BCUT2D eigenvalue weighted by Crippen LogP contribution is -2.18. The number of hydrogen-bond acceptors (Lipinski definition) is 5. The van der Waals surface area contributed by atoms with Gasteiger partial charge in [-0.1, -0.05) is 29.8 Å². The first kappa shape index (κ1) is 20.1. The van der Waals surface area contributed by atoms with E-state index in [4.69, 9.17) is 16.3 Å². The maximum absolute atomic E-state index is 15.5. The number of pyridine rings is 1. The SMILES string of the molecule is Fc1c(Nc2nn(-c3cccc(Cl)n3)c3ccccc23)ccc2c1cnn2C1CCCCO1. The van der Waals surface area contributed by atoms with E-state index in [1.165, 1.54) is 0 Å². The van der Waals surface area contributed by atoms with Gasteiger partial charge in [0, 0.05) is 12.0 Å². The molecular formula is C24H20ClFN6O. The number of halogens is 2. The predicted molar refractivity (Wildman–Crippen MR) is 126 cm³/mol. The van der Waals surface area contributed by atoms with Crippen molar-refractivity contribution < 1.29 is 9.13 Å². The summed E-state index contributed by atoms with van der Waals surface area (Å²) in [4.78, 5) is 4.36. The van der Waals surface area contributed by atoms with Gasteiger partial charge < -0.3 is 10.1 Å². The van der Waals surface area contributed by atoms with Gasteiger partial charge in [-0.15, -0.1) is 5.10 Å². The Bertz CT molecular complexity index is 1470. The normalized spacial score (nSPS) is 16.5. The van der Waals surface area contributed by atoms with E-state index in [1.807, 2.05) is 42.5 Å². The van der Waals surface area contributed by atoms with E-state index >= 15 is 4.39 Å². The van der Waals surface area contributed by atoms with E-state index in [9.17, 15) is 0 Å². The van der Waals surface area contributed by atoms with Crippen LogP contribution in [0.2, 0.25) is 5.15 Å². The molecule has 1 aliphatic heterocycles. The van der Waals surface area contributed by atoms with Crippen molar-refractivity contribution in [1.29, 1.82) is 0 Å². The fraction of sp³-hybridized carbons (Fsp3) is 0.208. The van der Waals surface area contributed by atoms with Crippen molar-refractivity contribution in [1.82, 2.24) is 24.5 Å². The lowest BCUT2D eigenvalue weighted by Gasteiger charge is -2.23. The third-order valence-electron chi connectivity index (χ3n) is 5.90. The maximum Gasteiger partial charge on any atom is 0.160 e. The Morgan fingerprint density at radius 2 is 1.91 bits per heavy atom. The summed E-state index contributed by atoms with van der Waals surface area (Å²) in [5.74, 6) is 0.721. The first-order chi connectivity index (χ1) is 16.2. The Kier molecular flexibility index (Phi) is 4.96. The van der Waals surface area contributed by atoms with Crippen molar-refractivity contribution in [3.8, 4) is 5.82 Å². The topological polar surface area (TPSA) is 69.8 Å². The zero-order valence-electron chi connectivity index (χ0n) is 17.6. The summed E-state index contributed by atoms with van der Waals surface area (Å²) in [5, 5.41) is 13.9. The number of nitrogens with zero attached hydrogens (tertiary/aromatic N) is 5. The molecule has 0 radical (unpaired) electrons. The molecule has 0 aliphatic carbocycles. The highest BCUT2D eigenvalue weighted by molar-refractivity contribution is 6.29. The zero-order chi connectivity index (χ0) is 22.4. The smallest absolute Gasteiger partial charge is 0.160 e. The molecule has 1 atom stereocenters. The van der Waals surface area contributed by atoms with Crippen molar-refractivity contribution in [2.24, 2.45) is 0 Å². The summed E-state index contributed by atoms with van der Waals surface area (Å²) >= 11 is 6.08. The lowest BCUT2D eigenvalue weighted by atomic mass is 10.1. The van der Waals surface area contributed by atoms with Gasteiger partial charge in [0.2, 0.25) is 0 Å². The molecule has 1 N–H and O–H groups in total. The predicted octanol–water partition coefficient (Wildman–Crippen LogP) is 6.01. The number of anilines is 2. The maximum atomic E-state index is 15.5. The number of rotatable bonds is 4. The molecule has 0 spiro atoms. The van der Waals surface area contributed by atoms with Gasteiger partial charge in [-0.25, -0.2) is 18.7 Å². The van der Waals surface area contributed by atoms with Gasteiger partial charge in [-0.2, -0.15) is 5.10 Å². The van der Waals surface area contributed by atoms with E-state index in [0.717, 1.165) is 30.2 Å². The van der Waals surface area contributed by atoms with E-state index in [1.54, 1.807) is 27.7 Å². The summed E-state index contributed by atoms with van der Waals surface area (Å²) < 4.78 is 24.8. The second kappa shape index (κ2) is 8.13. The minimum absolute atomic E-state index is 0.153. The summed E-state index contributed by atoms with van der Waals surface area (Å²) in [6.07, 6.45) is 4.40. The van der Waals surface area contributed by atoms with Crippen LogP contribution in [0.4, 0.5) is 15.9 Å². The number of benzene rings is 2. The number of para-hydroxylation sites is 1. The highest BCUT2D eigenvalue weighted by atomic mass is 35.5. The Balaban J connectivity index is 1.40. The van der Waals surface area contributed by atoms with Gasteiger partial charge in [-0.05, 0) is 55.7 Å². The van der Waals surface area contributed by atoms with Crippen LogP contribution in [-0.4, -0.2) is 31.2 Å². The molecule has 1 fully saturated rings. The third-order valence-corrected chi connectivity index (χ3v) is 6.11. The van der Waals surface area contributed by atoms with Gasteiger partial charge in [0.15, 0.2) is 23.7 Å².